The van der Waals surface area contributed by atoms with E-state index < -0.39 is 0 Å². The number of carbonyl (C=O) groups is 1. The molecule has 0 saturated heterocycles. The summed E-state index contributed by atoms with van der Waals surface area (Å²) < 4.78 is 0. The first kappa shape index (κ1) is 15.2. The fourth-order valence-electron chi connectivity index (χ4n) is 1.88. The molecule has 4 nitrogen and oxygen atoms in total. The third kappa shape index (κ3) is 6.03. The second kappa shape index (κ2) is 9.12. The first-order valence-corrected chi connectivity index (χ1v) is 6.66. The molecule has 0 aliphatic carbocycles. The van der Waals surface area contributed by atoms with Gasteiger partial charge in [0.15, 0.2) is 0 Å². The zero-order chi connectivity index (χ0) is 13.9. The van der Waals surface area contributed by atoms with E-state index in [0.717, 1.165) is 24.8 Å². The van der Waals surface area contributed by atoms with Crippen LogP contribution in [0.1, 0.15) is 31.2 Å². The Balaban J connectivity index is 2.47. The Morgan fingerprint density at radius 2 is 1.95 bits per heavy atom. The number of nitrogens with zero attached hydrogens (tertiary/aromatic N) is 2. The van der Waals surface area contributed by atoms with E-state index >= 15 is 0 Å². The van der Waals surface area contributed by atoms with Gasteiger partial charge in [-0.15, -0.1) is 0 Å². The van der Waals surface area contributed by atoms with Crippen LogP contribution in [0, 0.1) is 11.3 Å². The lowest BCUT2D eigenvalue weighted by Gasteiger charge is -2.19. The molecule has 0 bridgehead atoms. The van der Waals surface area contributed by atoms with Gasteiger partial charge >= 0.3 is 0 Å². The Morgan fingerprint density at radius 3 is 2.58 bits per heavy atom. The normalized spacial score (nSPS) is 9.89. The van der Waals surface area contributed by atoms with Crippen LogP contribution in [0.2, 0.25) is 0 Å². The smallest absolute Gasteiger partial charge is 0.223 e. The van der Waals surface area contributed by atoms with Crippen molar-refractivity contribution in [2.45, 2.75) is 32.2 Å². The zero-order valence-corrected chi connectivity index (χ0v) is 11.2. The molecule has 0 unspecified atom stereocenters. The molecule has 0 aliphatic rings. The molecular weight excluding hydrogens is 238 g/mol. The van der Waals surface area contributed by atoms with Crippen molar-refractivity contribution in [1.29, 1.82) is 5.26 Å². The number of carbonyl (C=O) groups excluding carboxylic acids is 1. The van der Waals surface area contributed by atoms with Crippen molar-refractivity contribution in [2.75, 3.05) is 13.1 Å². The predicted molar refractivity (Wildman–Crippen MR) is 75.0 cm³/mol. The minimum atomic E-state index is 0.0439. The first-order chi connectivity index (χ1) is 9.27. The number of unbranched alkanes of at least 4 members (excludes halogenated alkanes) is 2. The number of amides is 1. The van der Waals surface area contributed by atoms with E-state index in [4.69, 9.17) is 11.0 Å². The molecule has 19 heavy (non-hydrogen) atoms. The highest BCUT2D eigenvalue weighted by Gasteiger charge is 2.12. The standard InChI is InChI=1S/C15H21N3O/c16-10-6-2-5-9-15(19)18(12-11-17)13-14-7-3-1-4-8-14/h1,3-4,7-8H,2,5-6,9-10,12-13,16H2. The van der Waals surface area contributed by atoms with Crippen LogP contribution in [0.25, 0.3) is 0 Å². The third-order valence-corrected chi connectivity index (χ3v) is 2.93. The minimum Gasteiger partial charge on any atom is -0.330 e. The summed E-state index contributed by atoms with van der Waals surface area (Å²) in [5, 5.41) is 8.81. The van der Waals surface area contributed by atoms with Crippen molar-refractivity contribution < 1.29 is 4.79 Å². The van der Waals surface area contributed by atoms with E-state index in [1.165, 1.54) is 0 Å². The highest BCUT2D eigenvalue weighted by Crippen LogP contribution is 2.08. The molecule has 0 fully saturated rings. The topological polar surface area (TPSA) is 70.1 Å². The number of hydrogen-bond acceptors (Lipinski definition) is 3. The number of nitriles is 1. The summed E-state index contributed by atoms with van der Waals surface area (Å²) in [6.07, 6.45) is 3.25. The Labute approximate surface area is 114 Å². The van der Waals surface area contributed by atoms with Crippen LogP contribution in [0.15, 0.2) is 30.3 Å². The molecule has 0 heterocycles. The molecule has 1 aromatic rings. The van der Waals surface area contributed by atoms with Crippen molar-refractivity contribution >= 4 is 5.91 Å². The van der Waals surface area contributed by atoms with Gasteiger partial charge in [0.25, 0.3) is 0 Å². The van der Waals surface area contributed by atoms with Gasteiger partial charge in [0.2, 0.25) is 5.91 Å². The van der Waals surface area contributed by atoms with Crippen LogP contribution in [-0.2, 0) is 11.3 Å². The summed E-state index contributed by atoms with van der Waals surface area (Å²) in [6.45, 7) is 1.31. The Bertz CT molecular complexity index is 411. The van der Waals surface area contributed by atoms with Crippen molar-refractivity contribution in [3.05, 3.63) is 35.9 Å². The summed E-state index contributed by atoms with van der Waals surface area (Å²) in [4.78, 5) is 13.7. The summed E-state index contributed by atoms with van der Waals surface area (Å²) in [5.41, 5.74) is 6.47. The van der Waals surface area contributed by atoms with Crippen molar-refractivity contribution in [3.8, 4) is 6.07 Å². The van der Waals surface area contributed by atoms with E-state index in [1.54, 1.807) is 4.90 Å². The largest absolute Gasteiger partial charge is 0.330 e. The average molecular weight is 259 g/mol. The lowest BCUT2D eigenvalue weighted by atomic mass is 10.1. The van der Waals surface area contributed by atoms with Crippen LogP contribution in [0.4, 0.5) is 0 Å². The lowest BCUT2D eigenvalue weighted by Crippen LogP contribution is -2.30. The monoisotopic (exact) mass is 259 g/mol. The Kier molecular flexibility index (Phi) is 7.30. The molecule has 0 atom stereocenters. The Morgan fingerprint density at radius 1 is 1.21 bits per heavy atom. The van der Waals surface area contributed by atoms with Crippen molar-refractivity contribution in [1.82, 2.24) is 4.90 Å². The van der Waals surface area contributed by atoms with E-state index in [2.05, 4.69) is 6.07 Å². The molecule has 102 valence electrons. The van der Waals surface area contributed by atoms with Gasteiger partial charge in [-0.25, -0.2) is 0 Å². The first-order valence-electron chi connectivity index (χ1n) is 6.66. The molecule has 1 rings (SSSR count). The molecular formula is C15H21N3O. The average Bonchev–Trinajstić information content (AvgIpc) is 2.44. The molecule has 0 aliphatic heterocycles. The second-order valence-corrected chi connectivity index (χ2v) is 4.49. The van der Waals surface area contributed by atoms with Crippen LogP contribution < -0.4 is 5.73 Å². The summed E-state index contributed by atoms with van der Waals surface area (Å²) in [7, 11) is 0. The minimum absolute atomic E-state index is 0.0439. The van der Waals surface area contributed by atoms with Crippen molar-refractivity contribution in [2.24, 2.45) is 5.73 Å². The van der Waals surface area contributed by atoms with Gasteiger partial charge in [0, 0.05) is 13.0 Å². The fraction of sp³-hybridized carbons (Fsp3) is 0.467. The van der Waals surface area contributed by atoms with E-state index in [9.17, 15) is 4.79 Å². The molecule has 1 amide bonds. The van der Waals surface area contributed by atoms with E-state index in [1.807, 2.05) is 30.3 Å². The molecule has 0 radical (unpaired) electrons. The van der Waals surface area contributed by atoms with Gasteiger partial charge in [-0.1, -0.05) is 36.8 Å². The van der Waals surface area contributed by atoms with Gasteiger partial charge in [0.05, 0.1) is 6.07 Å². The molecule has 2 N–H and O–H groups in total. The number of rotatable bonds is 8. The maximum absolute atomic E-state index is 12.0. The zero-order valence-electron chi connectivity index (χ0n) is 11.2. The highest BCUT2D eigenvalue weighted by atomic mass is 16.2. The highest BCUT2D eigenvalue weighted by molar-refractivity contribution is 5.76. The van der Waals surface area contributed by atoms with Gasteiger partial charge in [-0.2, -0.15) is 5.26 Å². The van der Waals surface area contributed by atoms with Gasteiger partial charge in [0.1, 0.15) is 6.54 Å². The van der Waals surface area contributed by atoms with Crippen LogP contribution in [-0.4, -0.2) is 23.9 Å². The van der Waals surface area contributed by atoms with Gasteiger partial charge in [-0.05, 0) is 24.9 Å². The maximum Gasteiger partial charge on any atom is 0.223 e. The van der Waals surface area contributed by atoms with Crippen molar-refractivity contribution in [3.63, 3.8) is 0 Å². The fourth-order valence-corrected chi connectivity index (χ4v) is 1.88. The van der Waals surface area contributed by atoms with Crippen LogP contribution >= 0.6 is 0 Å². The second-order valence-electron chi connectivity index (χ2n) is 4.49. The number of hydrogen-bond donors (Lipinski definition) is 1. The molecule has 0 aromatic heterocycles. The predicted octanol–water partition coefficient (Wildman–Crippen LogP) is 2.06. The summed E-state index contributed by atoms with van der Waals surface area (Å²) in [6, 6.07) is 11.8. The van der Waals surface area contributed by atoms with E-state index in [0.29, 0.717) is 19.5 Å². The molecule has 0 saturated carbocycles. The summed E-state index contributed by atoms with van der Waals surface area (Å²) >= 11 is 0. The van der Waals surface area contributed by atoms with E-state index in [-0.39, 0.29) is 12.5 Å². The quantitative estimate of drug-likeness (QED) is 0.574. The number of benzene rings is 1. The SMILES string of the molecule is N#CCN(Cc1ccccc1)C(=O)CCCCCN. The molecule has 4 heteroatoms. The third-order valence-electron chi connectivity index (χ3n) is 2.93. The van der Waals surface area contributed by atoms with Crippen LogP contribution in [0.3, 0.4) is 0 Å². The molecule has 0 spiro atoms. The van der Waals surface area contributed by atoms with Gasteiger partial charge < -0.3 is 10.6 Å². The maximum atomic E-state index is 12.0. The molecule has 1 aromatic carbocycles. The summed E-state index contributed by atoms with van der Waals surface area (Å²) in [5.74, 6) is 0.0439. The number of nitrogens with two attached hydrogens (primary N) is 1. The lowest BCUT2D eigenvalue weighted by molar-refractivity contribution is -0.131. The Hall–Kier alpha value is -1.86. The van der Waals surface area contributed by atoms with Crippen LogP contribution in [0.5, 0.6) is 0 Å². The van der Waals surface area contributed by atoms with Gasteiger partial charge in [-0.3, -0.25) is 4.79 Å².